The van der Waals surface area contributed by atoms with Gasteiger partial charge in [0.25, 0.3) is 0 Å². The molecule has 2 aromatic carbocycles. The Morgan fingerprint density at radius 2 is 1.67 bits per heavy atom. The first-order chi connectivity index (χ1) is 9.94. The van der Waals surface area contributed by atoms with Crippen LogP contribution in [0.4, 0.5) is 4.39 Å². The zero-order valence-electron chi connectivity index (χ0n) is 12.3. The number of benzene rings is 2. The molecule has 1 unspecified atom stereocenters. The van der Waals surface area contributed by atoms with Crippen molar-refractivity contribution in [1.29, 1.82) is 0 Å². The van der Waals surface area contributed by atoms with Crippen molar-refractivity contribution >= 4 is 5.97 Å². The van der Waals surface area contributed by atoms with E-state index in [1.54, 1.807) is 12.1 Å². The van der Waals surface area contributed by atoms with Crippen LogP contribution < -0.4 is 0 Å². The van der Waals surface area contributed by atoms with Crippen LogP contribution in [0.25, 0.3) is 0 Å². The fourth-order valence-corrected chi connectivity index (χ4v) is 2.67. The highest BCUT2D eigenvalue weighted by Gasteiger charge is 2.19. The van der Waals surface area contributed by atoms with Gasteiger partial charge in [-0.2, -0.15) is 0 Å². The summed E-state index contributed by atoms with van der Waals surface area (Å²) in [7, 11) is 0. The van der Waals surface area contributed by atoms with Crippen molar-refractivity contribution in [3.63, 3.8) is 0 Å². The fourth-order valence-electron chi connectivity index (χ4n) is 2.67. The van der Waals surface area contributed by atoms with Crippen LogP contribution in [0, 0.1) is 25.6 Å². The topological polar surface area (TPSA) is 37.3 Å². The lowest BCUT2D eigenvalue weighted by Gasteiger charge is -2.14. The largest absolute Gasteiger partial charge is 0.481 e. The molecule has 0 spiro atoms. The number of carboxylic acid groups (broad SMARTS) is 1. The monoisotopic (exact) mass is 286 g/mol. The fraction of sp³-hybridized carbons (Fsp3) is 0.278. The van der Waals surface area contributed by atoms with Crippen LogP contribution in [0.3, 0.4) is 0 Å². The number of rotatable bonds is 5. The number of hydrogen-bond acceptors (Lipinski definition) is 1. The Hall–Kier alpha value is -2.16. The molecule has 2 rings (SSSR count). The molecule has 1 N–H and O–H groups in total. The van der Waals surface area contributed by atoms with Crippen molar-refractivity contribution in [2.45, 2.75) is 26.7 Å². The van der Waals surface area contributed by atoms with E-state index in [-0.39, 0.29) is 5.82 Å². The predicted molar refractivity (Wildman–Crippen MR) is 80.8 cm³/mol. The maximum Gasteiger partial charge on any atom is 0.307 e. The van der Waals surface area contributed by atoms with Gasteiger partial charge in [0.2, 0.25) is 0 Å². The molecule has 21 heavy (non-hydrogen) atoms. The smallest absolute Gasteiger partial charge is 0.307 e. The van der Waals surface area contributed by atoms with Gasteiger partial charge in [0, 0.05) is 0 Å². The number of hydrogen-bond donors (Lipinski definition) is 1. The molecule has 0 aromatic heterocycles. The quantitative estimate of drug-likeness (QED) is 0.904. The van der Waals surface area contributed by atoms with E-state index in [1.165, 1.54) is 12.1 Å². The summed E-state index contributed by atoms with van der Waals surface area (Å²) in [4.78, 5) is 11.5. The van der Waals surface area contributed by atoms with E-state index in [0.717, 1.165) is 16.7 Å². The Balaban J connectivity index is 2.17. The van der Waals surface area contributed by atoms with Gasteiger partial charge < -0.3 is 5.11 Å². The molecule has 0 saturated heterocycles. The Morgan fingerprint density at radius 1 is 1.05 bits per heavy atom. The van der Waals surface area contributed by atoms with E-state index in [1.807, 2.05) is 26.0 Å². The molecule has 0 heterocycles. The Labute approximate surface area is 124 Å². The molecule has 0 saturated carbocycles. The summed E-state index contributed by atoms with van der Waals surface area (Å²) in [6.07, 6.45) is 0.786. The van der Waals surface area contributed by atoms with Crippen molar-refractivity contribution < 1.29 is 14.3 Å². The van der Waals surface area contributed by atoms with E-state index in [4.69, 9.17) is 0 Å². The molecular weight excluding hydrogens is 267 g/mol. The predicted octanol–water partition coefficient (Wildman–Crippen LogP) is 3.93. The zero-order chi connectivity index (χ0) is 15.4. The molecule has 0 fully saturated rings. The minimum atomic E-state index is -0.849. The number of halogens is 1. The highest BCUT2D eigenvalue weighted by molar-refractivity contribution is 5.71. The molecule has 0 amide bonds. The first-order valence-corrected chi connectivity index (χ1v) is 6.98. The van der Waals surface area contributed by atoms with E-state index in [0.29, 0.717) is 18.4 Å². The Kier molecular flexibility index (Phi) is 4.73. The summed E-state index contributed by atoms with van der Waals surface area (Å²) in [5.41, 5.74) is 3.97. The second kappa shape index (κ2) is 6.53. The van der Waals surface area contributed by atoms with Crippen LogP contribution in [0.15, 0.2) is 42.5 Å². The molecule has 0 radical (unpaired) electrons. The summed E-state index contributed by atoms with van der Waals surface area (Å²) in [5.74, 6) is -1.73. The van der Waals surface area contributed by atoms with E-state index >= 15 is 0 Å². The summed E-state index contributed by atoms with van der Waals surface area (Å²) in [6.45, 7) is 4.00. The molecule has 2 nitrogen and oxygen atoms in total. The standard InChI is InChI=1S/C18H19FO2/c1-12-6-13(2)8-15(7-12)10-16(18(20)21)9-14-4-3-5-17(19)11-14/h3-8,11,16H,9-10H2,1-2H3,(H,20,21). The normalized spacial score (nSPS) is 12.1. The van der Waals surface area contributed by atoms with E-state index < -0.39 is 11.9 Å². The third kappa shape index (κ3) is 4.42. The molecule has 0 aliphatic rings. The van der Waals surface area contributed by atoms with Crippen molar-refractivity contribution in [3.8, 4) is 0 Å². The third-order valence-corrected chi connectivity index (χ3v) is 3.48. The van der Waals surface area contributed by atoms with Gasteiger partial charge in [0.05, 0.1) is 5.92 Å². The first-order valence-electron chi connectivity index (χ1n) is 6.98. The number of aryl methyl sites for hydroxylation is 2. The summed E-state index contributed by atoms with van der Waals surface area (Å²) >= 11 is 0. The number of carbonyl (C=O) groups is 1. The van der Waals surface area contributed by atoms with Gasteiger partial charge in [-0.25, -0.2) is 4.39 Å². The average molecular weight is 286 g/mol. The first kappa shape index (κ1) is 15.2. The van der Waals surface area contributed by atoms with Crippen LogP contribution in [-0.2, 0) is 17.6 Å². The molecule has 0 aliphatic heterocycles. The van der Waals surface area contributed by atoms with Gasteiger partial charge in [-0.1, -0.05) is 41.5 Å². The van der Waals surface area contributed by atoms with Gasteiger partial charge in [-0.15, -0.1) is 0 Å². The average Bonchev–Trinajstić information content (AvgIpc) is 2.36. The summed E-state index contributed by atoms with van der Waals surface area (Å²) in [6, 6.07) is 12.2. The lowest BCUT2D eigenvalue weighted by atomic mass is 9.91. The minimum Gasteiger partial charge on any atom is -0.481 e. The minimum absolute atomic E-state index is 0.331. The molecule has 0 bridgehead atoms. The van der Waals surface area contributed by atoms with Crippen LogP contribution in [-0.4, -0.2) is 11.1 Å². The maximum absolute atomic E-state index is 13.2. The lowest BCUT2D eigenvalue weighted by molar-refractivity contribution is -0.141. The number of carboxylic acids is 1. The van der Waals surface area contributed by atoms with Gasteiger partial charge in [-0.3, -0.25) is 4.79 Å². The van der Waals surface area contributed by atoms with Crippen molar-refractivity contribution in [3.05, 3.63) is 70.5 Å². The molecule has 3 heteroatoms. The molecule has 1 atom stereocenters. The van der Waals surface area contributed by atoms with Crippen molar-refractivity contribution in [2.75, 3.05) is 0 Å². The van der Waals surface area contributed by atoms with Crippen LogP contribution in [0.1, 0.15) is 22.3 Å². The van der Waals surface area contributed by atoms with Gasteiger partial charge in [0.1, 0.15) is 5.82 Å². The SMILES string of the molecule is Cc1cc(C)cc(CC(Cc2cccc(F)c2)C(=O)O)c1. The van der Waals surface area contributed by atoms with Crippen molar-refractivity contribution in [2.24, 2.45) is 5.92 Å². The van der Waals surface area contributed by atoms with Crippen LogP contribution in [0.5, 0.6) is 0 Å². The maximum atomic E-state index is 13.2. The zero-order valence-corrected chi connectivity index (χ0v) is 12.3. The molecule has 110 valence electrons. The Bertz CT molecular complexity index is 629. The lowest BCUT2D eigenvalue weighted by Crippen LogP contribution is -2.19. The number of aliphatic carboxylic acids is 1. The highest BCUT2D eigenvalue weighted by atomic mass is 19.1. The third-order valence-electron chi connectivity index (χ3n) is 3.48. The van der Waals surface area contributed by atoms with Gasteiger partial charge >= 0.3 is 5.97 Å². The van der Waals surface area contributed by atoms with Crippen molar-refractivity contribution in [1.82, 2.24) is 0 Å². The van der Waals surface area contributed by atoms with Gasteiger partial charge in [0.15, 0.2) is 0 Å². The van der Waals surface area contributed by atoms with Gasteiger partial charge in [-0.05, 0) is 49.9 Å². The second-order valence-electron chi connectivity index (χ2n) is 5.57. The van der Waals surface area contributed by atoms with E-state index in [2.05, 4.69) is 6.07 Å². The Morgan fingerprint density at radius 3 is 2.24 bits per heavy atom. The van der Waals surface area contributed by atoms with Crippen LogP contribution >= 0.6 is 0 Å². The summed E-state index contributed by atoms with van der Waals surface area (Å²) in [5, 5.41) is 9.41. The summed E-state index contributed by atoms with van der Waals surface area (Å²) < 4.78 is 13.2. The molecule has 2 aromatic rings. The molecular formula is C18H19FO2. The molecule has 0 aliphatic carbocycles. The van der Waals surface area contributed by atoms with E-state index in [9.17, 15) is 14.3 Å². The van der Waals surface area contributed by atoms with Crippen LogP contribution in [0.2, 0.25) is 0 Å². The highest BCUT2D eigenvalue weighted by Crippen LogP contribution is 2.18. The second-order valence-corrected chi connectivity index (χ2v) is 5.57.